The molecule has 0 aliphatic rings. The number of benzene rings is 2. The Morgan fingerprint density at radius 2 is 1.57 bits per heavy atom. The molecule has 21 heavy (non-hydrogen) atoms. The Morgan fingerprint density at radius 3 is 2.05 bits per heavy atom. The zero-order valence-electron chi connectivity index (χ0n) is 11.6. The summed E-state index contributed by atoms with van der Waals surface area (Å²) in [5, 5.41) is 10.1. The third kappa shape index (κ3) is 3.05. The molecule has 2 rings (SSSR count). The highest BCUT2D eigenvalue weighted by Gasteiger charge is 2.23. The van der Waals surface area contributed by atoms with E-state index in [-0.39, 0.29) is 11.3 Å². The monoisotopic (exact) mass is 306 g/mol. The first-order valence-electron chi connectivity index (χ1n) is 6.15. The molecular formula is C15H15O5P. The van der Waals surface area contributed by atoms with E-state index in [0.29, 0.717) is 11.6 Å². The van der Waals surface area contributed by atoms with E-state index in [1.807, 2.05) is 0 Å². The number of hydrogen-bond acceptors (Lipinski definition) is 5. The fraction of sp³-hybridized carbons (Fsp3) is 0.133. The van der Waals surface area contributed by atoms with Crippen molar-refractivity contribution in [2.45, 2.75) is 0 Å². The van der Waals surface area contributed by atoms with Crippen molar-refractivity contribution in [2.24, 2.45) is 0 Å². The fourth-order valence-corrected chi connectivity index (χ4v) is 3.03. The molecule has 0 heterocycles. The van der Waals surface area contributed by atoms with Gasteiger partial charge in [0.15, 0.2) is 6.29 Å². The molecule has 0 saturated heterocycles. The van der Waals surface area contributed by atoms with Crippen LogP contribution in [0.15, 0.2) is 42.5 Å². The molecule has 0 atom stereocenters. The first-order chi connectivity index (χ1) is 10.0. The van der Waals surface area contributed by atoms with Gasteiger partial charge in [0, 0.05) is 14.2 Å². The summed E-state index contributed by atoms with van der Waals surface area (Å²) >= 11 is 0. The molecule has 2 aromatic carbocycles. The lowest BCUT2D eigenvalue weighted by molar-refractivity contribution is 0.112. The zero-order valence-corrected chi connectivity index (χ0v) is 12.5. The summed E-state index contributed by atoms with van der Waals surface area (Å²) in [6.07, 6.45) is 0.593. The number of phenols is 1. The number of rotatable bonds is 5. The number of aldehydes is 1. The maximum atomic E-state index is 12.2. The summed E-state index contributed by atoms with van der Waals surface area (Å²) in [6.45, 7) is 0. The highest BCUT2D eigenvalue weighted by molar-refractivity contribution is 7.62. The molecule has 110 valence electrons. The predicted molar refractivity (Wildman–Crippen MR) is 80.2 cm³/mol. The maximum Gasteiger partial charge on any atom is 0.360 e. The topological polar surface area (TPSA) is 72.8 Å². The lowest BCUT2D eigenvalue weighted by atomic mass is 10.0. The average molecular weight is 306 g/mol. The molecule has 1 N–H and O–H groups in total. The van der Waals surface area contributed by atoms with Gasteiger partial charge in [-0.05, 0) is 35.4 Å². The van der Waals surface area contributed by atoms with Crippen LogP contribution in [0.25, 0.3) is 11.1 Å². The second kappa shape index (κ2) is 6.22. The van der Waals surface area contributed by atoms with E-state index in [2.05, 4.69) is 0 Å². The van der Waals surface area contributed by atoms with Gasteiger partial charge in [0.05, 0.1) is 10.9 Å². The van der Waals surface area contributed by atoms with Crippen molar-refractivity contribution >= 4 is 19.2 Å². The lowest BCUT2D eigenvalue weighted by Gasteiger charge is -2.14. The van der Waals surface area contributed by atoms with Crippen molar-refractivity contribution in [2.75, 3.05) is 14.2 Å². The highest BCUT2D eigenvalue weighted by atomic mass is 31.2. The molecule has 0 aromatic heterocycles. The fourth-order valence-electron chi connectivity index (χ4n) is 1.94. The van der Waals surface area contributed by atoms with Crippen LogP contribution in [0.3, 0.4) is 0 Å². The predicted octanol–water partition coefficient (Wildman–Crippen LogP) is 2.98. The summed E-state index contributed by atoms with van der Waals surface area (Å²) < 4.78 is 22.1. The molecule has 0 bridgehead atoms. The normalized spacial score (nSPS) is 11.3. The number of carbonyl (C=O) groups excluding carboxylic acids is 1. The quantitative estimate of drug-likeness (QED) is 0.679. The second-order valence-electron chi connectivity index (χ2n) is 4.30. The van der Waals surface area contributed by atoms with Gasteiger partial charge in [0.2, 0.25) is 0 Å². The Hall–Kier alpha value is -1.94. The van der Waals surface area contributed by atoms with Crippen LogP contribution in [0, 0.1) is 0 Å². The minimum absolute atomic E-state index is 0.0777. The van der Waals surface area contributed by atoms with Crippen molar-refractivity contribution < 1.29 is 23.5 Å². The smallest absolute Gasteiger partial charge is 0.360 e. The third-order valence-electron chi connectivity index (χ3n) is 3.15. The molecule has 0 aliphatic carbocycles. The first kappa shape index (κ1) is 15.4. The van der Waals surface area contributed by atoms with E-state index in [0.717, 1.165) is 11.1 Å². The van der Waals surface area contributed by atoms with E-state index < -0.39 is 7.60 Å². The van der Waals surface area contributed by atoms with Crippen molar-refractivity contribution in [1.82, 2.24) is 0 Å². The van der Waals surface area contributed by atoms with Gasteiger partial charge in [0.1, 0.15) is 5.75 Å². The number of phenolic OH excluding ortho intramolecular Hbond substituents is 1. The van der Waals surface area contributed by atoms with Gasteiger partial charge in [-0.15, -0.1) is 0 Å². The largest absolute Gasteiger partial charge is 0.507 e. The van der Waals surface area contributed by atoms with Crippen LogP contribution in [-0.4, -0.2) is 25.6 Å². The highest BCUT2D eigenvalue weighted by Crippen LogP contribution is 2.45. The van der Waals surface area contributed by atoms with E-state index >= 15 is 0 Å². The summed E-state index contributed by atoms with van der Waals surface area (Å²) in [4.78, 5) is 10.7. The van der Waals surface area contributed by atoms with E-state index in [1.54, 1.807) is 36.4 Å². The van der Waals surface area contributed by atoms with Crippen LogP contribution >= 0.6 is 7.60 Å². The molecule has 0 fully saturated rings. The van der Waals surface area contributed by atoms with Crippen LogP contribution in [-0.2, 0) is 13.6 Å². The molecule has 0 amide bonds. The Labute approximate surface area is 122 Å². The van der Waals surface area contributed by atoms with Gasteiger partial charge in [-0.1, -0.05) is 18.2 Å². The molecule has 0 unspecified atom stereocenters. The van der Waals surface area contributed by atoms with Crippen LogP contribution in [0.1, 0.15) is 10.4 Å². The second-order valence-corrected chi connectivity index (χ2v) is 6.54. The third-order valence-corrected chi connectivity index (χ3v) is 5.05. The number of hydrogen-bond donors (Lipinski definition) is 1. The molecule has 0 saturated carbocycles. The van der Waals surface area contributed by atoms with E-state index in [1.165, 1.54) is 20.3 Å². The van der Waals surface area contributed by atoms with Gasteiger partial charge in [-0.25, -0.2) is 0 Å². The summed E-state index contributed by atoms with van der Waals surface area (Å²) in [7, 11) is -0.607. The van der Waals surface area contributed by atoms with E-state index in [9.17, 15) is 14.5 Å². The van der Waals surface area contributed by atoms with Gasteiger partial charge in [0.25, 0.3) is 0 Å². The van der Waals surface area contributed by atoms with Crippen molar-refractivity contribution in [1.29, 1.82) is 0 Å². The Bertz CT molecular complexity index is 686. The Balaban J connectivity index is 2.37. The minimum Gasteiger partial charge on any atom is -0.507 e. The lowest BCUT2D eigenvalue weighted by Crippen LogP contribution is -2.07. The first-order valence-corrected chi connectivity index (χ1v) is 7.69. The standard InChI is InChI=1S/C15H15O5P/c1-19-21(18,20-2)14-7-5-11(6-8-14)12-3-4-13(10-16)15(17)9-12/h3-10,17H,1-2H3. The Morgan fingerprint density at radius 1 is 1.00 bits per heavy atom. The molecule has 0 aliphatic heterocycles. The number of carbonyl (C=O) groups is 1. The van der Waals surface area contributed by atoms with Crippen LogP contribution in [0.4, 0.5) is 0 Å². The summed E-state index contributed by atoms with van der Waals surface area (Å²) in [5.74, 6) is -0.0777. The SMILES string of the molecule is COP(=O)(OC)c1ccc(-c2ccc(C=O)c(O)c2)cc1. The van der Waals surface area contributed by atoms with Crippen molar-refractivity contribution in [3.8, 4) is 16.9 Å². The maximum absolute atomic E-state index is 12.2. The van der Waals surface area contributed by atoms with Crippen LogP contribution in [0.2, 0.25) is 0 Å². The summed E-state index contributed by atoms with van der Waals surface area (Å²) in [6, 6.07) is 11.6. The van der Waals surface area contributed by atoms with Gasteiger partial charge >= 0.3 is 7.60 Å². The van der Waals surface area contributed by atoms with Gasteiger partial charge < -0.3 is 14.2 Å². The van der Waals surface area contributed by atoms with Crippen molar-refractivity contribution in [3.05, 3.63) is 48.0 Å². The summed E-state index contributed by atoms with van der Waals surface area (Å²) in [5.41, 5.74) is 1.79. The van der Waals surface area contributed by atoms with Gasteiger partial charge in [-0.2, -0.15) is 0 Å². The van der Waals surface area contributed by atoms with Gasteiger partial charge in [-0.3, -0.25) is 9.36 Å². The minimum atomic E-state index is -3.26. The molecule has 6 heteroatoms. The average Bonchev–Trinajstić information content (AvgIpc) is 2.54. The van der Waals surface area contributed by atoms with Crippen LogP contribution in [0.5, 0.6) is 5.75 Å². The zero-order chi connectivity index (χ0) is 15.5. The molecule has 0 spiro atoms. The van der Waals surface area contributed by atoms with Crippen LogP contribution < -0.4 is 5.30 Å². The molecule has 5 nitrogen and oxygen atoms in total. The number of aromatic hydroxyl groups is 1. The molecule has 2 aromatic rings. The van der Waals surface area contributed by atoms with E-state index in [4.69, 9.17) is 9.05 Å². The molecular weight excluding hydrogens is 291 g/mol. The Kier molecular flexibility index (Phi) is 4.58. The van der Waals surface area contributed by atoms with Crippen molar-refractivity contribution in [3.63, 3.8) is 0 Å². The molecule has 0 radical (unpaired) electrons.